The van der Waals surface area contributed by atoms with Crippen molar-refractivity contribution in [3.8, 4) is 0 Å². The summed E-state index contributed by atoms with van der Waals surface area (Å²) in [5.41, 5.74) is 0.631. The van der Waals surface area contributed by atoms with E-state index >= 15 is 0 Å². The molecule has 90 valence electrons. The van der Waals surface area contributed by atoms with Gasteiger partial charge in [-0.1, -0.05) is 18.2 Å². The first-order chi connectivity index (χ1) is 8.75. The second-order valence-electron chi connectivity index (χ2n) is 4.04. The lowest BCUT2D eigenvalue weighted by Gasteiger charge is -2.08. The van der Waals surface area contributed by atoms with Crippen LogP contribution in [0.5, 0.6) is 0 Å². The molecule has 3 rings (SSSR count). The summed E-state index contributed by atoms with van der Waals surface area (Å²) in [7, 11) is 0. The maximum absolute atomic E-state index is 13.6. The number of nitrogens with zero attached hydrogens (tertiary/aromatic N) is 1. The van der Waals surface area contributed by atoms with Crippen LogP contribution < -0.4 is 5.43 Å². The number of rotatable bonds is 2. The van der Waals surface area contributed by atoms with Gasteiger partial charge in [0, 0.05) is 17.8 Å². The van der Waals surface area contributed by atoms with E-state index in [0.29, 0.717) is 17.5 Å². The lowest BCUT2D eigenvalue weighted by Crippen LogP contribution is -2.07. The van der Waals surface area contributed by atoms with Crippen molar-refractivity contribution in [2.24, 2.45) is 0 Å². The molecule has 0 amide bonds. The number of hydrogen-bond acceptors (Lipinski definition) is 2. The molecule has 0 N–H and O–H groups in total. The van der Waals surface area contributed by atoms with Crippen LogP contribution >= 0.6 is 11.3 Å². The molecule has 0 aliphatic rings. The average molecular weight is 259 g/mol. The number of hydrogen-bond donors (Lipinski definition) is 0. The molecule has 4 heteroatoms. The highest BCUT2D eigenvalue weighted by Gasteiger charge is 2.06. The third kappa shape index (κ3) is 1.84. The molecular weight excluding hydrogens is 249 g/mol. The lowest BCUT2D eigenvalue weighted by molar-refractivity contribution is 0.602. The summed E-state index contributed by atoms with van der Waals surface area (Å²) in [5, 5.41) is 2.57. The molecule has 2 nitrogen and oxygen atoms in total. The van der Waals surface area contributed by atoms with Gasteiger partial charge in [-0.15, -0.1) is 11.3 Å². The molecule has 0 saturated heterocycles. The zero-order valence-corrected chi connectivity index (χ0v) is 10.3. The average Bonchev–Trinajstić information content (AvgIpc) is 2.85. The maximum atomic E-state index is 13.6. The summed E-state index contributed by atoms with van der Waals surface area (Å²) < 4.78 is 15.5. The largest absolute Gasteiger partial charge is 0.335 e. The Kier molecular flexibility index (Phi) is 2.72. The molecule has 2 aromatic heterocycles. The van der Waals surface area contributed by atoms with Gasteiger partial charge in [-0.05, 0) is 17.5 Å². The lowest BCUT2D eigenvalue weighted by atomic mass is 10.2. The first kappa shape index (κ1) is 11.2. The van der Waals surface area contributed by atoms with Crippen LogP contribution in [0.3, 0.4) is 0 Å². The highest BCUT2D eigenvalue weighted by Crippen LogP contribution is 2.19. The van der Waals surface area contributed by atoms with E-state index in [-0.39, 0.29) is 11.2 Å². The summed E-state index contributed by atoms with van der Waals surface area (Å²) in [5.74, 6) is -0.221. The molecule has 0 unspecified atom stereocenters. The van der Waals surface area contributed by atoms with Crippen LogP contribution in [0.25, 0.3) is 10.2 Å². The Balaban J connectivity index is 2.11. The van der Waals surface area contributed by atoms with Gasteiger partial charge in [0.15, 0.2) is 5.43 Å². The molecule has 3 aromatic rings. The van der Waals surface area contributed by atoms with Crippen LogP contribution in [-0.2, 0) is 6.54 Å². The molecule has 0 bridgehead atoms. The molecule has 0 saturated carbocycles. The van der Waals surface area contributed by atoms with Crippen molar-refractivity contribution in [3.63, 3.8) is 0 Å². The quantitative estimate of drug-likeness (QED) is 0.692. The third-order valence-electron chi connectivity index (χ3n) is 2.88. The van der Waals surface area contributed by atoms with E-state index in [4.69, 9.17) is 0 Å². The SMILES string of the molecule is O=c1ccn(Cc2ccccc2F)c2sccc12. The van der Waals surface area contributed by atoms with Crippen molar-refractivity contribution in [1.82, 2.24) is 4.57 Å². The molecule has 0 fully saturated rings. The van der Waals surface area contributed by atoms with Crippen molar-refractivity contribution < 1.29 is 4.39 Å². The monoisotopic (exact) mass is 259 g/mol. The summed E-state index contributed by atoms with van der Waals surface area (Å²) in [4.78, 5) is 12.5. The van der Waals surface area contributed by atoms with E-state index in [1.807, 2.05) is 16.0 Å². The Morgan fingerprint density at radius 1 is 1.17 bits per heavy atom. The highest BCUT2D eigenvalue weighted by molar-refractivity contribution is 7.16. The zero-order valence-electron chi connectivity index (χ0n) is 9.47. The molecule has 0 atom stereocenters. The standard InChI is InChI=1S/C14H10FNOS/c15-12-4-2-1-3-10(12)9-16-7-5-13(17)11-6-8-18-14(11)16/h1-8H,9H2. The van der Waals surface area contributed by atoms with Crippen LogP contribution in [0.2, 0.25) is 0 Å². The first-order valence-corrected chi connectivity index (χ1v) is 6.44. The highest BCUT2D eigenvalue weighted by atomic mass is 32.1. The third-order valence-corrected chi connectivity index (χ3v) is 3.83. The fourth-order valence-corrected chi connectivity index (χ4v) is 2.85. The van der Waals surface area contributed by atoms with Crippen LogP contribution in [0, 0.1) is 5.82 Å². The Morgan fingerprint density at radius 3 is 2.83 bits per heavy atom. The van der Waals surface area contributed by atoms with E-state index in [0.717, 1.165) is 4.83 Å². The van der Waals surface area contributed by atoms with E-state index in [1.165, 1.54) is 23.5 Å². The van der Waals surface area contributed by atoms with Crippen LogP contribution in [0.4, 0.5) is 4.39 Å². The molecule has 1 aromatic carbocycles. The van der Waals surface area contributed by atoms with Gasteiger partial charge in [0.25, 0.3) is 0 Å². The van der Waals surface area contributed by atoms with Crippen LogP contribution in [-0.4, -0.2) is 4.57 Å². The van der Waals surface area contributed by atoms with Crippen molar-refractivity contribution >= 4 is 21.6 Å². The van der Waals surface area contributed by atoms with Gasteiger partial charge < -0.3 is 4.57 Å². The van der Waals surface area contributed by atoms with Gasteiger partial charge in [-0.25, -0.2) is 4.39 Å². The van der Waals surface area contributed by atoms with Gasteiger partial charge in [0.05, 0.1) is 11.9 Å². The van der Waals surface area contributed by atoms with Crippen molar-refractivity contribution in [3.05, 3.63) is 69.6 Å². The minimum absolute atomic E-state index is 0.0102. The van der Waals surface area contributed by atoms with Gasteiger partial charge in [-0.3, -0.25) is 4.79 Å². The second-order valence-corrected chi connectivity index (χ2v) is 4.93. The van der Waals surface area contributed by atoms with E-state index in [2.05, 4.69) is 0 Å². The van der Waals surface area contributed by atoms with Gasteiger partial charge in [0.2, 0.25) is 0 Å². The second kappa shape index (κ2) is 4.38. The van der Waals surface area contributed by atoms with Crippen molar-refractivity contribution in [2.45, 2.75) is 6.54 Å². The predicted octanol–water partition coefficient (Wildman–Crippen LogP) is 3.25. The number of benzene rings is 1. The molecule has 0 spiro atoms. The molecule has 2 heterocycles. The summed E-state index contributed by atoms with van der Waals surface area (Å²) in [6.07, 6.45) is 1.72. The van der Waals surface area contributed by atoms with Crippen molar-refractivity contribution in [2.75, 3.05) is 0 Å². The summed E-state index contributed by atoms with van der Waals surface area (Å²) >= 11 is 1.49. The zero-order chi connectivity index (χ0) is 12.5. The molecule has 0 radical (unpaired) electrons. The van der Waals surface area contributed by atoms with E-state index in [1.54, 1.807) is 24.4 Å². The van der Waals surface area contributed by atoms with Crippen LogP contribution in [0.15, 0.2) is 52.8 Å². The number of pyridine rings is 1. The molecular formula is C14H10FNOS. The minimum atomic E-state index is -0.221. The van der Waals surface area contributed by atoms with Crippen LogP contribution in [0.1, 0.15) is 5.56 Å². The minimum Gasteiger partial charge on any atom is -0.335 e. The fraction of sp³-hybridized carbons (Fsp3) is 0.0714. The topological polar surface area (TPSA) is 22.0 Å². The van der Waals surface area contributed by atoms with E-state index in [9.17, 15) is 9.18 Å². The van der Waals surface area contributed by atoms with Gasteiger partial charge in [-0.2, -0.15) is 0 Å². The Labute approximate surface area is 107 Å². The Hall–Kier alpha value is -1.94. The van der Waals surface area contributed by atoms with Gasteiger partial charge >= 0.3 is 0 Å². The summed E-state index contributed by atoms with van der Waals surface area (Å²) in [6.45, 7) is 0.434. The maximum Gasteiger partial charge on any atom is 0.190 e. The number of aromatic nitrogens is 1. The molecule has 0 aliphatic carbocycles. The molecule has 18 heavy (non-hydrogen) atoms. The number of fused-ring (bicyclic) bond motifs is 1. The first-order valence-electron chi connectivity index (χ1n) is 5.56. The number of thiophene rings is 1. The number of halogens is 1. The Morgan fingerprint density at radius 2 is 2.00 bits per heavy atom. The molecule has 0 aliphatic heterocycles. The summed E-state index contributed by atoms with van der Waals surface area (Å²) in [6, 6.07) is 10.0. The smallest absolute Gasteiger partial charge is 0.190 e. The fourth-order valence-electron chi connectivity index (χ4n) is 1.96. The van der Waals surface area contributed by atoms with Crippen molar-refractivity contribution in [1.29, 1.82) is 0 Å². The van der Waals surface area contributed by atoms with Gasteiger partial charge in [0.1, 0.15) is 10.6 Å². The Bertz CT molecular complexity index is 760. The van der Waals surface area contributed by atoms with E-state index < -0.39 is 0 Å². The normalized spacial score (nSPS) is 10.9. The predicted molar refractivity (Wildman–Crippen MR) is 71.6 cm³/mol.